The lowest BCUT2D eigenvalue weighted by molar-refractivity contribution is -0.114. The average molecular weight is 277 g/mol. The molecule has 0 radical (unpaired) electrons. The van der Waals surface area contributed by atoms with E-state index in [0.717, 1.165) is 12.1 Å². The maximum Gasteiger partial charge on any atom is 0.221 e. The molecule has 2 nitrogen and oxygen atoms in total. The van der Waals surface area contributed by atoms with Crippen LogP contribution >= 0.6 is 11.8 Å². The molecule has 0 bridgehead atoms. The van der Waals surface area contributed by atoms with Crippen LogP contribution in [0.15, 0.2) is 40.6 Å². The van der Waals surface area contributed by atoms with E-state index in [4.69, 9.17) is 0 Å². The van der Waals surface area contributed by atoms with Crippen molar-refractivity contribution in [3.8, 4) is 0 Å². The Kier molecular flexibility index (Phi) is 8.07. The van der Waals surface area contributed by atoms with Crippen LogP contribution in [0.3, 0.4) is 0 Å². The second-order valence-corrected chi connectivity index (χ2v) is 5.52. The van der Waals surface area contributed by atoms with Gasteiger partial charge in [-0.25, -0.2) is 0 Å². The van der Waals surface area contributed by atoms with Crippen LogP contribution < -0.4 is 5.32 Å². The molecule has 1 aromatic carbocycles. The Hall–Kier alpha value is -1.22. The number of carbonyl (C=O) groups excluding carboxylic acids is 1. The van der Waals surface area contributed by atoms with Gasteiger partial charge in [-0.05, 0) is 42.5 Å². The van der Waals surface area contributed by atoms with Gasteiger partial charge in [0.25, 0.3) is 0 Å². The Morgan fingerprint density at radius 1 is 1.21 bits per heavy atom. The van der Waals surface area contributed by atoms with Crippen molar-refractivity contribution in [3.05, 3.63) is 35.7 Å². The van der Waals surface area contributed by atoms with Gasteiger partial charge in [0.2, 0.25) is 5.91 Å². The molecular formula is C16H23NOS. The maximum absolute atomic E-state index is 10.9. The lowest BCUT2D eigenvalue weighted by Gasteiger charge is -2.02. The highest BCUT2D eigenvalue weighted by Crippen LogP contribution is 2.21. The summed E-state index contributed by atoms with van der Waals surface area (Å²) in [6.07, 6.45) is 8.65. The number of amides is 1. The molecule has 1 N–H and O–H groups in total. The van der Waals surface area contributed by atoms with Gasteiger partial charge in [0, 0.05) is 17.5 Å². The third kappa shape index (κ3) is 7.73. The van der Waals surface area contributed by atoms with Crippen molar-refractivity contribution in [3.63, 3.8) is 0 Å². The number of anilines is 1. The van der Waals surface area contributed by atoms with Crippen molar-refractivity contribution in [2.75, 3.05) is 5.32 Å². The minimum atomic E-state index is -0.0348. The van der Waals surface area contributed by atoms with Crippen LogP contribution in [0.25, 0.3) is 0 Å². The van der Waals surface area contributed by atoms with Gasteiger partial charge in [-0.3, -0.25) is 4.79 Å². The number of hydrogen-bond donors (Lipinski definition) is 1. The molecule has 1 aromatic rings. The van der Waals surface area contributed by atoms with Crippen molar-refractivity contribution >= 4 is 23.4 Å². The molecule has 0 saturated carbocycles. The van der Waals surface area contributed by atoms with E-state index >= 15 is 0 Å². The number of carbonyl (C=O) groups is 1. The zero-order chi connectivity index (χ0) is 13.9. The van der Waals surface area contributed by atoms with Crippen molar-refractivity contribution in [2.45, 2.75) is 50.8 Å². The van der Waals surface area contributed by atoms with Gasteiger partial charge in [-0.1, -0.05) is 44.0 Å². The van der Waals surface area contributed by atoms with E-state index in [0.29, 0.717) is 0 Å². The van der Waals surface area contributed by atoms with Gasteiger partial charge >= 0.3 is 0 Å². The number of nitrogens with one attached hydrogen (secondary N) is 1. The largest absolute Gasteiger partial charge is 0.326 e. The monoisotopic (exact) mass is 277 g/mol. The van der Waals surface area contributed by atoms with E-state index in [-0.39, 0.29) is 5.91 Å². The first-order chi connectivity index (χ1) is 9.22. The van der Waals surface area contributed by atoms with Crippen LogP contribution in [-0.2, 0) is 4.79 Å². The summed E-state index contributed by atoms with van der Waals surface area (Å²) in [6.45, 7) is 3.75. The van der Waals surface area contributed by atoms with Gasteiger partial charge < -0.3 is 5.32 Å². The molecule has 0 spiro atoms. The highest BCUT2D eigenvalue weighted by molar-refractivity contribution is 8.02. The Morgan fingerprint density at radius 3 is 2.58 bits per heavy atom. The average Bonchev–Trinajstić information content (AvgIpc) is 2.39. The van der Waals surface area contributed by atoms with Crippen molar-refractivity contribution < 1.29 is 4.79 Å². The molecule has 1 rings (SSSR count). The summed E-state index contributed by atoms with van der Waals surface area (Å²) >= 11 is 1.72. The lowest BCUT2D eigenvalue weighted by Crippen LogP contribution is -2.05. The third-order valence-corrected chi connectivity index (χ3v) is 3.57. The molecular weight excluding hydrogens is 254 g/mol. The Labute approximate surface area is 120 Å². The fraction of sp³-hybridized carbons (Fsp3) is 0.438. The predicted octanol–water partition coefficient (Wildman–Crippen LogP) is 5.22. The minimum absolute atomic E-state index is 0.0348. The SMILES string of the molecule is CCCCCC/C=C/Sc1ccc(NC(C)=O)cc1. The van der Waals surface area contributed by atoms with Crippen molar-refractivity contribution in [1.29, 1.82) is 0 Å². The fourth-order valence-corrected chi connectivity index (χ4v) is 2.39. The molecule has 0 heterocycles. The molecule has 0 saturated heterocycles. The molecule has 0 fully saturated rings. The van der Waals surface area contributed by atoms with Crippen molar-refractivity contribution in [2.24, 2.45) is 0 Å². The third-order valence-electron chi connectivity index (χ3n) is 2.70. The normalized spacial score (nSPS) is 10.8. The Morgan fingerprint density at radius 2 is 1.95 bits per heavy atom. The summed E-state index contributed by atoms with van der Waals surface area (Å²) in [6, 6.07) is 7.91. The summed E-state index contributed by atoms with van der Waals surface area (Å²) in [4.78, 5) is 12.1. The topological polar surface area (TPSA) is 29.1 Å². The van der Waals surface area contributed by atoms with E-state index in [1.807, 2.05) is 24.3 Å². The molecule has 0 aliphatic carbocycles. The van der Waals surface area contributed by atoms with E-state index < -0.39 is 0 Å². The van der Waals surface area contributed by atoms with Crippen LogP contribution in [0.1, 0.15) is 46.0 Å². The standard InChI is InChI=1S/C16H23NOS/c1-3-4-5-6-7-8-13-19-16-11-9-15(10-12-16)17-14(2)18/h8-13H,3-7H2,1-2H3,(H,17,18)/b13-8+. The number of rotatable bonds is 8. The Bertz CT molecular complexity index is 398. The van der Waals surface area contributed by atoms with E-state index in [2.05, 4.69) is 23.7 Å². The number of allylic oxidation sites excluding steroid dienone is 1. The zero-order valence-electron chi connectivity index (χ0n) is 11.8. The number of hydrogen-bond acceptors (Lipinski definition) is 2. The van der Waals surface area contributed by atoms with Gasteiger partial charge in [0.15, 0.2) is 0 Å². The van der Waals surface area contributed by atoms with Gasteiger partial charge in [-0.15, -0.1) is 0 Å². The zero-order valence-corrected chi connectivity index (χ0v) is 12.6. The first kappa shape index (κ1) is 15.8. The van der Waals surface area contributed by atoms with Crippen LogP contribution in [0.5, 0.6) is 0 Å². The molecule has 0 atom stereocenters. The van der Waals surface area contributed by atoms with E-state index in [1.165, 1.54) is 37.5 Å². The van der Waals surface area contributed by atoms with Crippen LogP contribution in [-0.4, -0.2) is 5.91 Å². The molecule has 0 aliphatic heterocycles. The summed E-state index contributed by atoms with van der Waals surface area (Å²) < 4.78 is 0. The van der Waals surface area contributed by atoms with E-state index in [9.17, 15) is 4.79 Å². The summed E-state index contributed by atoms with van der Waals surface area (Å²) in [5.74, 6) is -0.0348. The van der Waals surface area contributed by atoms with Gasteiger partial charge in [0.05, 0.1) is 0 Å². The fourth-order valence-electron chi connectivity index (χ4n) is 1.70. The first-order valence-corrected chi connectivity index (χ1v) is 7.79. The second-order valence-electron chi connectivity index (χ2n) is 4.54. The summed E-state index contributed by atoms with van der Waals surface area (Å²) in [5.41, 5.74) is 0.848. The molecule has 0 unspecified atom stereocenters. The van der Waals surface area contributed by atoms with E-state index in [1.54, 1.807) is 11.8 Å². The summed E-state index contributed by atoms with van der Waals surface area (Å²) in [7, 11) is 0. The quantitative estimate of drug-likeness (QED) is 0.521. The van der Waals surface area contributed by atoms with Crippen LogP contribution in [0, 0.1) is 0 Å². The first-order valence-electron chi connectivity index (χ1n) is 6.91. The predicted molar refractivity (Wildman–Crippen MR) is 84.5 cm³/mol. The van der Waals surface area contributed by atoms with Crippen molar-refractivity contribution in [1.82, 2.24) is 0 Å². The molecule has 1 amide bonds. The smallest absolute Gasteiger partial charge is 0.221 e. The summed E-state index contributed by atoms with van der Waals surface area (Å²) in [5, 5.41) is 4.91. The maximum atomic E-state index is 10.9. The van der Waals surface area contributed by atoms with Crippen LogP contribution in [0.2, 0.25) is 0 Å². The molecule has 19 heavy (non-hydrogen) atoms. The molecule has 3 heteroatoms. The second kappa shape index (κ2) is 9.68. The minimum Gasteiger partial charge on any atom is -0.326 e. The van der Waals surface area contributed by atoms with Gasteiger partial charge in [-0.2, -0.15) is 0 Å². The highest BCUT2D eigenvalue weighted by Gasteiger charge is 1.95. The Balaban J connectivity index is 2.25. The number of thioether (sulfide) groups is 1. The number of unbranched alkanes of at least 4 members (excludes halogenated alkanes) is 4. The van der Waals surface area contributed by atoms with Gasteiger partial charge in [0.1, 0.15) is 0 Å². The molecule has 104 valence electrons. The molecule has 0 aromatic heterocycles. The lowest BCUT2D eigenvalue weighted by atomic mass is 10.2. The van der Waals surface area contributed by atoms with Crippen LogP contribution in [0.4, 0.5) is 5.69 Å². The number of benzene rings is 1. The molecule has 0 aliphatic rings. The highest BCUT2D eigenvalue weighted by atomic mass is 32.2.